The summed E-state index contributed by atoms with van der Waals surface area (Å²) >= 11 is 0. The Morgan fingerprint density at radius 1 is 1.31 bits per heavy atom. The molecule has 0 atom stereocenters. The van der Waals surface area contributed by atoms with Crippen LogP contribution in [0.25, 0.3) is 5.69 Å². The summed E-state index contributed by atoms with van der Waals surface area (Å²) in [6.07, 6.45) is 1.75. The molecule has 0 aliphatic carbocycles. The summed E-state index contributed by atoms with van der Waals surface area (Å²) in [5, 5.41) is 4.05. The summed E-state index contributed by atoms with van der Waals surface area (Å²) < 4.78 is 6.24. The number of esters is 1. The highest BCUT2D eigenvalue weighted by atomic mass is 16.5. The van der Waals surface area contributed by atoms with Gasteiger partial charge in [0.05, 0.1) is 18.4 Å². The first-order chi connectivity index (χ1) is 7.70. The van der Waals surface area contributed by atoms with Gasteiger partial charge in [0.25, 0.3) is 0 Å². The number of methoxy groups -OCH3 is 1. The lowest BCUT2D eigenvalue weighted by Crippen LogP contribution is -2.02. The summed E-state index contributed by atoms with van der Waals surface area (Å²) in [5.41, 5.74) is 6.85. The lowest BCUT2D eigenvalue weighted by Gasteiger charge is -2.02. The Labute approximate surface area is 92.4 Å². The molecule has 0 saturated carbocycles. The maximum Gasteiger partial charge on any atom is 0.337 e. The van der Waals surface area contributed by atoms with E-state index in [4.69, 9.17) is 5.73 Å². The maximum absolute atomic E-state index is 11.2. The van der Waals surface area contributed by atoms with E-state index in [2.05, 4.69) is 9.84 Å². The van der Waals surface area contributed by atoms with E-state index in [-0.39, 0.29) is 5.97 Å². The van der Waals surface area contributed by atoms with Gasteiger partial charge in [-0.2, -0.15) is 5.10 Å². The molecule has 0 radical (unpaired) electrons. The molecule has 5 heteroatoms. The van der Waals surface area contributed by atoms with Gasteiger partial charge in [-0.15, -0.1) is 0 Å². The molecule has 5 nitrogen and oxygen atoms in total. The van der Waals surface area contributed by atoms with Crippen LogP contribution in [-0.4, -0.2) is 22.9 Å². The van der Waals surface area contributed by atoms with Crippen LogP contribution in [-0.2, 0) is 4.74 Å². The lowest BCUT2D eigenvalue weighted by molar-refractivity contribution is 0.0601. The molecule has 0 aliphatic rings. The quantitative estimate of drug-likeness (QED) is 0.768. The molecule has 0 aliphatic heterocycles. The van der Waals surface area contributed by atoms with Crippen molar-refractivity contribution in [2.24, 2.45) is 0 Å². The number of carbonyl (C=O) groups is 1. The van der Waals surface area contributed by atoms with Crippen molar-refractivity contribution in [3.8, 4) is 5.69 Å². The zero-order chi connectivity index (χ0) is 11.5. The number of nitrogens with two attached hydrogens (primary N) is 1. The SMILES string of the molecule is COC(=O)c1ccc(-n2ccc(N)n2)cc1. The van der Waals surface area contributed by atoms with Crippen LogP contribution < -0.4 is 5.73 Å². The maximum atomic E-state index is 11.2. The third kappa shape index (κ3) is 1.88. The summed E-state index contributed by atoms with van der Waals surface area (Å²) in [7, 11) is 1.35. The van der Waals surface area contributed by atoms with Crippen molar-refractivity contribution in [1.29, 1.82) is 0 Å². The van der Waals surface area contributed by atoms with Crippen molar-refractivity contribution in [2.75, 3.05) is 12.8 Å². The molecular formula is C11H11N3O2. The van der Waals surface area contributed by atoms with Crippen molar-refractivity contribution in [1.82, 2.24) is 9.78 Å². The molecule has 2 rings (SSSR count). The topological polar surface area (TPSA) is 70.1 Å². The van der Waals surface area contributed by atoms with Crippen LogP contribution in [0.15, 0.2) is 36.5 Å². The number of hydrogen-bond donors (Lipinski definition) is 1. The van der Waals surface area contributed by atoms with Crippen LogP contribution in [0.5, 0.6) is 0 Å². The smallest absolute Gasteiger partial charge is 0.337 e. The average molecular weight is 217 g/mol. The number of rotatable bonds is 2. The number of carbonyl (C=O) groups excluding carboxylic acids is 1. The molecule has 1 aromatic heterocycles. The van der Waals surface area contributed by atoms with E-state index in [1.54, 1.807) is 41.2 Å². The summed E-state index contributed by atoms with van der Waals surface area (Å²) in [6, 6.07) is 8.61. The minimum Gasteiger partial charge on any atom is -0.465 e. The van der Waals surface area contributed by atoms with Crippen LogP contribution in [0.3, 0.4) is 0 Å². The fourth-order valence-corrected chi connectivity index (χ4v) is 1.35. The molecule has 0 spiro atoms. The van der Waals surface area contributed by atoms with Gasteiger partial charge in [-0.05, 0) is 24.3 Å². The van der Waals surface area contributed by atoms with Crippen molar-refractivity contribution >= 4 is 11.8 Å². The Morgan fingerprint density at radius 2 is 2.00 bits per heavy atom. The first kappa shape index (κ1) is 10.2. The van der Waals surface area contributed by atoms with E-state index in [0.29, 0.717) is 11.4 Å². The fraction of sp³-hybridized carbons (Fsp3) is 0.0909. The molecule has 2 aromatic rings. The van der Waals surface area contributed by atoms with Gasteiger partial charge < -0.3 is 10.5 Å². The van der Waals surface area contributed by atoms with Crippen LogP contribution >= 0.6 is 0 Å². The van der Waals surface area contributed by atoms with Gasteiger partial charge in [0.2, 0.25) is 0 Å². The molecule has 0 saturated heterocycles. The largest absolute Gasteiger partial charge is 0.465 e. The molecule has 16 heavy (non-hydrogen) atoms. The van der Waals surface area contributed by atoms with E-state index in [1.807, 2.05) is 0 Å². The minimum absolute atomic E-state index is 0.355. The normalized spacial score (nSPS) is 10.1. The molecule has 0 fully saturated rings. The number of ether oxygens (including phenoxy) is 1. The fourth-order valence-electron chi connectivity index (χ4n) is 1.35. The second-order valence-corrected chi connectivity index (χ2v) is 3.22. The number of anilines is 1. The molecule has 2 N–H and O–H groups in total. The number of hydrogen-bond acceptors (Lipinski definition) is 4. The van der Waals surface area contributed by atoms with E-state index in [0.717, 1.165) is 5.69 Å². The van der Waals surface area contributed by atoms with Crippen LogP contribution in [0.4, 0.5) is 5.82 Å². The molecule has 0 bridgehead atoms. The highest BCUT2D eigenvalue weighted by Gasteiger charge is 2.05. The third-order valence-corrected chi connectivity index (χ3v) is 2.16. The summed E-state index contributed by atoms with van der Waals surface area (Å²) in [6.45, 7) is 0. The Kier molecular flexibility index (Phi) is 2.59. The second-order valence-electron chi connectivity index (χ2n) is 3.22. The molecule has 1 aromatic carbocycles. The monoisotopic (exact) mass is 217 g/mol. The third-order valence-electron chi connectivity index (χ3n) is 2.16. The predicted octanol–water partition coefficient (Wildman–Crippen LogP) is 1.24. The Hall–Kier alpha value is -2.30. The van der Waals surface area contributed by atoms with Gasteiger partial charge in [-0.1, -0.05) is 0 Å². The lowest BCUT2D eigenvalue weighted by atomic mass is 10.2. The Morgan fingerprint density at radius 3 is 2.50 bits per heavy atom. The Balaban J connectivity index is 2.29. The summed E-state index contributed by atoms with van der Waals surface area (Å²) in [5.74, 6) is 0.101. The minimum atomic E-state index is -0.355. The van der Waals surface area contributed by atoms with Crippen LogP contribution in [0.2, 0.25) is 0 Å². The first-order valence-electron chi connectivity index (χ1n) is 4.70. The van der Waals surface area contributed by atoms with E-state index < -0.39 is 0 Å². The van der Waals surface area contributed by atoms with E-state index >= 15 is 0 Å². The standard InChI is InChI=1S/C11H11N3O2/c1-16-11(15)8-2-4-9(5-3-8)14-7-6-10(12)13-14/h2-7H,1H3,(H2,12,13). The number of aromatic nitrogens is 2. The van der Waals surface area contributed by atoms with Crippen molar-refractivity contribution in [2.45, 2.75) is 0 Å². The van der Waals surface area contributed by atoms with Crippen LogP contribution in [0.1, 0.15) is 10.4 Å². The van der Waals surface area contributed by atoms with Crippen molar-refractivity contribution < 1.29 is 9.53 Å². The first-order valence-corrected chi connectivity index (χ1v) is 4.70. The molecule has 82 valence electrons. The van der Waals surface area contributed by atoms with Gasteiger partial charge >= 0.3 is 5.97 Å². The highest BCUT2D eigenvalue weighted by molar-refractivity contribution is 5.89. The van der Waals surface area contributed by atoms with E-state index in [1.165, 1.54) is 7.11 Å². The van der Waals surface area contributed by atoms with Gasteiger partial charge in [0, 0.05) is 12.3 Å². The van der Waals surface area contributed by atoms with E-state index in [9.17, 15) is 4.79 Å². The number of nitrogens with zero attached hydrogens (tertiary/aromatic N) is 2. The molecular weight excluding hydrogens is 206 g/mol. The predicted molar refractivity (Wildman–Crippen MR) is 59.3 cm³/mol. The molecule has 1 heterocycles. The summed E-state index contributed by atoms with van der Waals surface area (Å²) in [4.78, 5) is 11.2. The Bertz CT molecular complexity index is 502. The van der Waals surface area contributed by atoms with Crippen molar-refractivity contribution in [3.63, 3.8) is 0 Å². The second kappa shape index (κ2) is 4.06. The highest BCUT2D eigenvalue weighted by Crippen LogP contribution is 2.10. The van der Waals surface area contributed by atoms with Gasteiger partial charge in [0.1, 0.15) is 5.82 Å². The molecule has 0 amide bonds. The molecule has 0 unspecified atom stereocenters. The van der Waals surface area contributed by atoms with Crippen LogP contribution in [0, 0.1) is 0 Å². The van der Waals surface area contributed by atoms with Gasteiger partial charge in [0.15, 0.2) is 0 Å². The van der Waals surface area contributed by atoms with Gasteiger partial charge in [-0.25, -0.2) is 9.48 Å². The van der Waals surface area contributed by atoms with Crippen molar-refractivity contribution in [3.05, 3.63) is 42.1 Å². The number of nitrogen functional groups attached to an aromatic ring is 1. The number of benzene rings is 1. The average Bonchev–Trinajstić information content (AvgIpc) is 2.75. The zero-order valence-corrected chi connectivity index (χ0v) is 8.75. The van der Waals surface area contributed by atoms with Gasteiger partial charge in [-0.3, -0.25) is 0 Å². The zero-order valence-electron chi connectivity index (χ0n) is 8.75.